The summed E-state index contributed by atoms with van der Waals surface area (Å²) in [7, 11) is -5.75. The second-order valence-electron chi connectivity index (χ2n) is 3.53. The third kappa shape index (κ3) is 5.82. The molecule has 1 aromatic rings. The maximum Gasteiger partial charge on any atom is 1.00 e. The Balaban J connectivity index is 0.00000324. The third-order valence-electron chi connectivity index (χ3n) is 2.10. The maximum absolute atomic E-state index is 12.7. The van der Waals surface area contributed by atoms with Crippen LogP contribution in [0.3, 0.4) is 0 Å². The van der Waals surface area contributed by atoms with Gasteiger partial charge in [-0.05, 0) is 5.56 Å². The van der Waals surface area contributed by atoms with E-state index in [1.165, 1.54) is 0 Å². The number of alkyl halides is 2. The topological polar surface area (TPSA) is 86.7 Å². The van der Waals surface area contributed by atoms with Crippen LogP contribution < -0.4 is 29.6 Å². The molecule has 0 amide bonds. The van der Waals surface area contributed by atoms with E-state index in [0.29, 0.717) is 5.56 Å². The number of halogens is 2. The van der Waals surface area contributed by atoms with Gasteiger partial charge >= 0.3 is 34.8 Å². The van der Waals surface area contributed by atoms with Crippen molar-refractivity contribution in [2.75, 3.05) is 13.2 Å². The minimum Gasteiger partial charge on any atom is -0.743 e. The Labute approximate surface area is 131 Å². The molecule has 5 nitrogen and oxygen atoms in total. The van der Waals surface area contributed by atoms with Gasteiger partial charge in [0.25, 0.3) is 0 Å². The summed E-state index contributed by atoms with van der Waals surface area (Å²) in [6, 6.07) is 8.08. The molecule has 1 N–H and O–H groups in total. The largest absolute Gasteiger partial charge is 1.00 e. The van der Waals surface area contributed by atoms with Gasteiger partial charge in [-0.15, -0.1) is 0 Å². The molecule has 19 heavy (non-hydrogen) atoms. The molecule has 0 aliphatic rings. The Morgan fingerprint density at radius 1 is 1.32 bits per heavy atom. The number of benzene rings is 1. The van der Waals surface area contributed by atoms with Crippen molar-refractivity contribution in [2.24, 2.45) is 0 Å². The predicted octanol–water partition coefficient (Wildman–Crippen LogP) is -2.12. The molecule has 102 valence electrons. The van der Waals surface area contributed by atoms with Gasteiger partial charge in [0.05, 0.1) is 6.61 Å². The van der Waals surface area contributed by atoms with Crippen LogP contribution in [-0.2, 0) is 14.9 Å². The molecule has 0 spiro atoms. The van der Waals surface area contributed by atoms with E-state index in [1.807, 2.05) is 0 Å². The van der Waals surface area contributed by atoms with Crippen LogP contribution in [0.25, 0.3) is 0 Å². The zero-order valence-electron chi connectivity index (χ0n) is 10.1. The number of aliphatic hydroxyl groups is 1. The van der Waals surface area contributed by atoms with E-state index >= 15 is 0 Å². The van der Waals surface area contributed by atoms with Crippen LogP contribution >= 0.6 is 0 Å². The Kier molecular flexibility index (Phi) is 7.59. The van der Waals surface area contributed by atoms with E-state index in [9.17, 15) is 26.9 Å². The summed E-state index contributed by atoms with van der Waals surface area (Å²) >= 11 is 0. The SMILES string of the molecule is O=S(=O)([O-])C(F)(F)COCC(O)c1ccccc1.[Na+]. The van der Waals surface area contributed by atoms with E-state index in [4.69, 9.17) is 0 Å². The van der Waals surface area contributed by atoms with Crippen LogP contribution in [0.1, 0.15) is 11.7 Å². The summed E-state index contributed by atoms with van der Waals surface area (Å²) in [6.45, 7) is -2.11. The quantitative estimate of drug-likeness (QED) is 0.480. The number of aliphatic hydroxyl groups excluding tert-OH is 1. The first kappa shape index (κ1) is 18.9. The number of ether oxygens (including phenoxy) is 1. The zero-order valence-corrected chi connectivity index (χ0v) is 12.9. The Bertz CT molecular complexity index is 480. The Morgan fingerprint density at radius 2 is 1.84 bits per heavy atom. The van der Waals surface area contributed by atoms with Gasteiger partial charge in [0.1, 0.15) is 12.7 Å². The molecule has 1 aromatic carbocycles. The summed E-state index contributed by atoms with van der Waals surface area (Å²) in [5.41, 5.74) is 0.436. The van der Waals surface area contributed by atoms with Crippen molar-refractivity contribution in [3.05, 3.63) is 35.9 Å². The molecule has 0 aliphatic heterocycles. The molecule has 1 unspecified atom stereocenters. The van der Waals surface area contributed by atoms with E-state index in [1.54, 1.807) is 30.3 Å². The molecule has 0 aliphatic carbocycles. The zero-order chi connectivity index (χ0) is 13.8. The second kappa shape index (κ2) is 7.63. The molecular weight excluding hydrogens is 293 g/mol. The van der Waals surface area contributed by atoms with Crippen LogP contribution in [0.2, 0.25) is 0 Å². The molecule has 0 heterocycles. The molecule has 0 aromatic heterocycles. The minimum atomic E-state index is -5.75. The smallest absolute Gasteiger partial charge is 0.743 e. The van der Waals surface area contributed by atoms with E-state index in [-0.39, 0.29) is 29.6 Å². The van der Waals surface area contributed by atoms with Gasteiger partial charge in [-0.3, -0.25) is 0 Å². The first-order valence-electron chi connectivity index (χ1n) is 4.88. The first-order chi connectivity index (χ1) is 8.24. The molecule has 0 bridgehead atoms. The van der Waals surface area contributed by atoms with Crippen molar-refractivity contribution in [1.82, 2.24) is 0 Å². The minimum absolute atomic E-state index is 0. The Hall–Kier alpha value is -0.0900. The molecule has 9 heteroatoms. The van der Waals surface area contributed by atoms with Crippen molar-refractivity contribution in [3.63, 3.8) is 0 Å². The number of rotatable bonds is 6. The fourth-order valence-corrected chi connectivity index (χ4v) is 1.36. The molecule has 0 saturated heterocycles. The van der Waals surface area contributed by atoms with Gasteiger partial charge in [0.2, 0.25) is 0 Å². The molecular formula is C10H11F2NaO5S. The van der Waals surface area contributed by atoms with Crippen molar-refractivity contribution in [1.29, 1.82) is 0 Å². The maximum atomic E-state index is 12.7. The summed E-state index contributed by atoms with van der Waals surface area (Å²) in [5.74, 6) is 0. The summed E-state index contributed by atoms with van der Waals surface area (Å²) in [5, 5.41) is 5.03. The van der Waals surface area contributed by atoms with Gasteiger partial charge in [-0.1, -0.05) is 30.3 Å². The Morgan fingerprint density at radius 3 is 2.32 bits per heavy atom. The second-order valence-corrected chi connectivity index (χ2v) is 5.04. The van der Waals surface area contributed by atoms with Gasteiger partial charge < -0.3 is 14.4 Å². The van der Waals surface area contributed by atoms with E-state index in [2.05, 4.69) is 4.74 Å². The fraction of sp³-hybridized carbons (Fsp3) is 0.400. The number of hydrogen-bond donors (Lipinski definition) is 1. The monoisotopic (exact) mass is 304 g/mol. The molecule has 0 radical (unpaired) electrons. The van der Waals surface area contributed by atoms with Crippen molar-refractivity contribution in [2.45, 2.75) is 11.4 Å². The summed E-state index contributed by atoms with van der Waals surface area (Å²) < 4.78 is 60.2. The van der Waals surface area contributed by atoms with Crippen molar-refractivity contribution in [3.8, 4) is 0 Å². The van der Waals surface area contributed by atoms with Gasteiger partial charge in [0, 0.05) is 0 Å². The molecule has 1 atom stereocenters. The van der Waals surface area contributed by atoms with Crippen LogP contribution in [-0.4, -0.2) is 36.5 Å². The van der Waals surface area contributed by atoms with Crippen LogP contribution in [0.5, 0.6) is 0 Å². The summed E-state index contributed by atoms with van der Waals surface area (Å²) in [6.07, 6.45) is -1.17. The first-order valence-corrected chi connectivity index (χ1v) is 6.29. The summed E-state index contributed by atoms with van der Waals surface area (Å²) in [4.78, 5) is 0. The molecule has 0 saturated carbocycles. The van der Waals surface area contributed by atoms with Gasteiger partial charge in [0.15, 0.2) is 10.1 Å². The van der Waals surface area contributed by atoms with Crippen molar-refractivity contribution >= 4 is 10.1 Å². The molecule has 0 fully saturated rings. The van der Waals surface area contributed by atoms with Crippen LogP contribution in [0, 0.1) is 0 Å². The average Bonchev–Trinajstić information content (AvgIpc) is 2.28. The number of hydrogen-bond acceptors (Lipinski definition) is 5. The average molecular weight is 304 g/mol. The predicted molar refractivity (Wildman–Crippen MR) is 56.9 cm³/mol. The normalized spacial score (nSPS) is 13.7. The van der Waals surface area contributed by atoms with Crippen LogP contribution in [0.15, 0.2) is 30.3 Å². The standard InChI is InChI=1S/C10H12F2O5S.Na/c11-10(12,18(14,15)16)7-17-6-9(13)8-4-2-1-3-5-8;/h1-5,9,13H,6-7H2,(H,14,15,16);/q;+1/p-1. The van der Waals surface area contributed by atoms with Gasteiger partial charge in [-0.25, -0.2) is 8.42 Å². The van der Waals surface area contributed by atoms with Crippen molar-refractivity contribution < 1.29 is 61.2 Å². The van der Waals surface area contributed by atoms with E-state index in [0.717, 1.165) is 0 Å². The third-order valence-corrected chi connectivity index (χ3v) is 2.95. The van der Waals surface area contributed by atoms with Crippen LogP contribution in [0.4, 0.5) is 8.78 Å². The molecule has 1 rings (SSSR count). The van der Waals surface area contributed by atoms with Gasteiger partial charge in [-0.2, -0.15) is 8.78 Å². The van der Waals surface area contributed by atoms with E-state index < -0.39 is 34.7 Å². The fourth-order valence-electron chi connectivity index (χ4n) is 1.13.